The van der Waals surface area contributed by atoms with E-state index in [0.29, 0.717) is 11.4 Å². The van der Waals surface area contributed by atoms with E-state index in [4.69, 9.17) is 0 Å². The topological polar surface area (TPSA) is 75.8 Å². The van der Waals surface area contributed by atoms with Gasteiger partial charge in [-0.15, -0.1) is 0 Å². The number of hydrazone groups is 1. The summed E-state index contributed by atoms with van der Waals surface area (Å²) in [6.45, 7) is 7.21. The molecule has 1 amide bonds. The highest BCUT2D eigenvalue weighted by Gasteiger charge is 2.56. The summed E-state index contributed by atoms with van der Waals surface area (Å²) in [6.07, 6.45) is 0. The van der Waals surface area contributed by atoms with Crippen LogP contribution < -0.4 is 5.01 Å². The van der Waals surface area contributed by atoms with Crippen LogP contribution in [-0.2, 0) is 4.79 Å². The Hall–Kier alpha value is -2.54. The summed E-state index contributed by atoms with van der Waals surface area (Å²) in [4.78, 5) is 24.7. The second kappa shape index (κ2) is 7.47. The van der Waals surface area contributed by atoms with E-state index in [2.05, 4.69) is 21.0 Å². The second-order valence-electron chi connectivity index (χ2n) is 7.23. The van der Waals surface area contributed by atoms with Gasteiger partial charge < -0.3 is 0 Å². The summed E-state index contributed by atoms with van der Waals surface area (Å²) in [5, 5.41) is 17.3. The van der Waals surface area contributed by atoms with Crippen LogP contribution in [0.15, 0.2) is 47.6 Å². The van der Waals surface area contributed by atoms with Gasteiger partial charge in [-0.3, -0.25) is 14.9 Å². The molecule has 0 fully saturated rings. The number of halogens is 1. The quantitative estimate of drug-likeness (QED) is 0.386. The first-order valence-corrected chi connectivity index (χ1v) is 9.79. The zero-order valence-corrected chi connectivity index (χ0v) is 17.9. The summed E-state index contributed by atoms with van der Waals surface area (Å²) < 4.78 is -1.28. The molecule has 0 saturated carbocycles. The first-order chi connectivity index (χ1) is 13.2. The smallest absolute Gasteiger partial charge is 0.270 e. The Morgan fingerprint density at radius 1 is 1.14 bits per heavy atom. The van der Waals surface area contributed by atoms with Gasteiger partial charge in [-0.05, 0) is 56.5 Å². The fourth-order valence-electron chi connectivity index (χ4n) is 4.03. The first kappa shape index (κ1) is 20.2. The number of benzene rings is 2. The van der Waals surface area contributed by atoms with Crippen LogP contribution in [0.5, 0.6) is 0 Å². The van der Waals surface area contributed by atoms with E-state index in [1.54, 1.807) is 19.1 Å². The van der Waals surface area contributed by atoms with Crippen molar-refractivity contribution in [1.29, 1.82) is 0 Å². The molecule has 1 aliphatic rings. The van der Waals surface area contributed by atoms with Gasteiger partial charge in [-0.2, -0.15) is 10.1 Å². The molecular weight excluding hydrogens is 422 g/mol. The monoisotopic (exact) mass is 443 g/mol. The highest BCUT2D eigenvalue weighted by molar-refractivity contribution is 9.10. The minimum atomic E-state index is -1.28. The Kier molecular flexibility index (Phi) is 5.39. The molecule has 2 atom stereocenters. The number of nitro groups is 1. The number of amides is 1. The normalized spacial score (nSPS) is 20.2. The van der Waals surface area contributed by atoms with Crippen molar-refractivity contribution in [2.75, 3.05) is 11.6 Å². The molecule has 0 bridgehead atoms. The standard InChI is InChI=1S/C21H22BrN3O3/c1-13-10-14(2)19(15(3)11-13)18(12-24(27)28)21(22)16(4)23-25(20(21)26)17-8-6-5-7-9-17/h5-11,18H,12H2,1-4H3/t18-,21-/m0/s1. The van der Waals surface area contributed by atoms with Crippen molar-refractivity contribution >= 4 is 33.2 Å². The van der Waals surface area contributed by atoms with Crippen molar-refractivity contribution in [3.8, 4) is 0 Å². The van der Waals surface area contributed by atoms with E-state index in [1.807, 2.05) is 51.1 Å². The van der Waals surface area contributed by atoms with E-state index in [0.717, 1.165) is 22.3 Å². The van der Waals surface area contributed by atoms with Gasteiger partial charge in [-0.1, -0.05) is 51.8 Å². The Bertz CT molecular complexity index is 951. The lowest BCUT2D eigenvalue weighted by atomic mass is 9.78. The molecule has 0 aromatic heterocycles. The minimum absolute atomic E-state index is 0.317. The van der Waals surface area contributed by atoms with E-state index in [1.165, 1.54) is 5.01 Å². The number of hydrogen-bond acceptors (Lipinski definition) is 4. The van der Waals surface area contributed by atoms with Crippen molar-refractivity contribution < 1.29 is 9.72 Å². The predicted molar refractivity (Wildman–Crippen MR) is 114 cm³/mol. The first-order valence-electron chi connectivity index (χ1n) is 9.00. The van der Waals surface area contributed by atoms with Crippen molar-refractivity contribution in [2.24, 2.45) is 5.10 Å². The van der Waals surface area contributed by atoms with Crippen LogP contribution in [0.3, 0.4) is 0 Å². The maximum atomic E-state index is 13.5. The molecule has 146 valence electrons. The maximum Gasteiger partial charge on any atom is 0.271 e. The molecule has 0 radical (unpaired) electrons. The van der Waals surface area contributed by atoms with Crippen LogP contribution >= 0.6 is 15.9 Å². The molecule has 0 N–H and O–H groups in total. The number of anilines is 1. The number of aryl methyl sites for hydroxylation is 3. The van der Waals surface area contributed by atoms with Crippen LogP contribution in [0.2, 0.25) is 0 Å². The molecule has 1 aliphatic heterocycles. The number of alkyl halides is 1. The van der Waals surface area contributed by atoms with Gasteiger partial charge in [0, 0.05) is 4.92 Å². The Balaban J connectivity index is 2.14. The molecule has 7 heteroatoms. The molecule has 0 spiro atoms. The number of para-hydroxylation sites is 1. The Morgan fingerprint density at radius 3 is 2.25 bits per heavy atom. The number of nitrogens with zero attached hydrogens (tertiary/aromatic N) is 3. The molecule has 0 saturated heterocycles. The van der Waals surface area contributed by atoms with Crippen LogP contribution in [0, 0.1) is 30.9 Å². The third-order valence-corrected chi connectivity index (χ3v) is 6.64. The summed E-state index contributed by atoms with van der Waals surface area (Å²) in [6, 6.07) is 13.1. The van der Waals surface area contributed by atoms with Gasteiger partial charge in [-0.25, -0.2) is 0 Å². The van der Waals surface area contributed by atoms with Gasteiger partial charge in [0.15, 0.2) is 4.32 Å². The average molecular weight is 444 g/mol. The summed E-state index contributed by atoms with van der Waals surface area (Å²) in [5.41, 5.74) is 4.90. The SMILES string of the molecule is CC1=NN(c2ccccc2)C(=O)[C@@]1(Br)[C@@H](C[N+](=O)[O-])c1c(C)cc(C)cc1C. The van der Waals surface area contributed by atoms with Crippen LogP contribution in [-0.4, -0.2) is 27.4 Å². The lowest BCUT2D eigenvalue weighted by molar-refractivity contribution is -0.483. The van der Waals surface area contributed by atoms with Gasteiger partial charge in [0.2, 0.25) is 6.54 Å². The molecule has 28 heavy (non-hydrogen) atoms. The van der Waals surface area contributed by atoms with E-state index < -0.39 is 10.2 Å². The summed E-state index contributed by atoms with van der Waals surface area (Å²) in [5.74, 6) is -1.00. The molecule has 2 aromatic carbocycles. The van der Waals surface area contributed by atoms with Crippen LogP contribution in [0.4, 0.5) is 5.69 Å². The zero-order valence-electron chi connectivity index (χ0n) is 16.3. The van der Waals surface area contributed by atoms with Crippen LogP contribution in [0.25, 0.3) is 0 Å². The predicted octanol–water partition coefficient (Wildman–Crippen LogP) is 4.53. The molecule has 2 aromatic rings. The third kappa shape index (κ3) is 3.35. The number of hydrogen-bond donors (Lipinski definition) is 0. The third-order valence-electron chi connectivity index (χ3n) is 5.18. The molecular formula is C21H22BrN3O3. The molecule has 0 unspecified atom stereocenters. The van der Waals surface area contributed by atoms with E-state index >= 15 is 0 Å². The fraction of sp³-hybridized carbons (Fsp3) is 0.333. The second-order valence-corrected chi connectivity index (χ2v) is 8.48. The highest BCUT2D eigenvalue weighted by Crippen LogP contribution is 2.45. The zero-order chi connectivity index (χ0) is 20.6. The van der Waals surface area contributed by atoms with Crippen molar-refractivity contribution in [2.45, 2.75) is 37.9 Å². The van der Waals surface area contributed by atoms with Crippen molar-refractivity contribution in [3.63, 3.8) is 0 Å². The molecule has 3 rings (SSSR count). The Labute approximate surface area is 172 Å². The van der Waals surface area contributed by atoms with Crippen molar-refractivity contribution in [1.82, 2.24) is 0 Å². The minimum Gasteiger partial charge on any atom is -0.270 e. The van der Waals surface area contributed by atoms with E-state index in [9.17, 15) is 14.9 Å². The van der Waals surface area contributed by atoms with Gasteiger partial charge in [0.25, 0.3) is 5.91 Å². The maximum absolute atomic E-state index is 13.5. The van der Waals surface area contributed by atoms with Crippen LogP contribution in [0.1, 0.15) is 35.1 Å². The number of rotatable bonds is 5. The lowest BCUT2D eigenvalue weighted by Crippen LogP contribution is -2.48. The lowest BCUT2D eigenvalue weighted by Gasteiger charge is -2.31. The fourth-order valence-corrected chi connectivity index (χ4v) is 4.65. The summed E-state index contributed by atoms with van der Waals surface area (Å²) >= 11 is 3.61. The molecule has 6 nitrogen and oxygen atoms in total. The van der Waals surface area contributed by atoms with Gasteiger partial charge in [0.1, 0.15) is 0 Å². The van der Waals surface area contributed by atoms with Crippen molar-refractivity contribution in [3.05, 3.63) is 74.8 Å². The number of carbonyl (C=O) groups excluding carboxylic acids is 1. The Morgan fingerprint density at radius 2 is 1.71 bits per heavy atom. The molecule has 0 aliphatic carbocycles. The number of carbonyl (C=O) groups is 1. The van der Waals surface area contributed by atoms with Gasteiger partial charge in [0.05, 0.1) is 17.3 Å². The highest BCUT2D eigenvalue weighted by atomic mass is 79.9. The summed E-state index contributed by atoms with van der Waals surface area (Å²) in [7, 11) is 0. The largest absolute Gasteiger partial charge is 0.271 e. The average Bonchev–Trinajstić information content (AvgIpc) is 2.85. The van der Waals surface area contributed by atoms with E-state index in [-0.39, 0.29) is 17.4 Å². The van der Waals surface area contributed by atoms with Gasteiger partial charge >= 0.3 is 0 Å². The molecule has 1 heterocycles.